The Hall–Kier alpha value is -2.05. The van der Waals surface area contributed by atoms with E-state index < -0.39 is 0 Å². The number of rotatable bonds is 7. The van der Waals surface area contributed by atoms with Crippen LogP contribution in [0, 0.1) is 5.92 Å². The van der Waals surface area contributed by atoms with Gasteiger partial charge in [-0.3, -0.25) is 9.69 Å². The van der Waals surface area contributed by atoms with Gasteiger partial charge in [0.1, 0.15) is 0 Å². The van der Waals surface area contributed by atoms with Crippen LogP contribution in [0.3, 0.4) is 0 Å². The lowest BCUT2D eigenvalue weighted by Crippen LogP contribution is -2.43. The molecule has 0 fully saturated rings. The molecule has 146 valence electrons. The van der Waals surface area contributed by atoms with E-state index in [1.807, 2.05) is 0 Å². The summed E-state index contributed by atoms with van der Waals surface area (Å²) in [7, 11) is 3.32. The third-order valence-corrected chi connectivity index (χ3v) is 5.77. The number of thiophene rings is 1. The van der Waals surface area contributed by atoms with Gasteiger partial charge in [-0.2, -0.15) is 0 Å². The van der Waals surface area contributed by atoms with Gasteiger partial charge in [0, 0.05) is 18.0 Å². The highest BCUT2D eigenvalue weighted by Gasteiger charge is 2.32. The maximum Gasteiger partial charge on any atom is 0.234 e. The topological polar surface area (TPSA) is 50.8 Å². The molecular formula is C21H28N2O3S. The predicted molar refractivity (Wildman–Crippen MR) is 109 cm³/mol. The Bertz CT molecular complexity index is 774. The zero-order valence-corrected chi connectivity index (χ0v) is 17.3. The predicted octanol–water partition coefficient (Wildman–Crippen LogP) is 3.49. The van der Waals surface area contributed by atoms with E-state index in [0.29, 0.717) is 19.0 Å². The minimum Gasteiger partial charge on any atom is -0.493 e. The first-order valence-corrected chi connectivity index (χ1v) is 10.2. The van der Waals surface area contributed by atoms with Crippen LogP contribution >= 0.6 is 11.3 Å². The first-order valence-electron chi connectivity index (χ1n) is 9.32. The zero-order chi connectivity index (χ0) is 19.4. The molecule has 1 aliphatic heterocycles. The molecule has 1 aliphatic rings. The molecule has 1 aromatic carbocycles. The second-order valence-corrected chi connectivity index (χ2v) is 8.22. The molecule has 2 aromatic rings. The van der Waals surface area contributed by atoms with Crippen molar-refractivity contribution in [1.29, 1.82) is 0 Å². The highest BCUT2D eigenvalue weighted by molar-refractivity contribution is 7.10. The Morgan fingerprint density at radius 3 is 2.67 bits per heavy atom. The van der Waals surface area contributed by atoms with Gasteiger partial charge in [0.2, 0.25) is 5.91 Å². The molecule has 0 saturated heterocycles. The van der Waals surface area contributed by atoms with Gasteiger partial charge in [-0.1, -0.05) is 19.9 Å². The summed E-state index contributed by atoms with van der Waals surface area (Å²) in [5, 5.41) is 5.12. The van der Waals surface area contributed by atoms with Gasteiger partial charge in [-0.05, 0) is 47.0 Å². The molecule has 1 aromatic heterocycles. The molecule has 0 unspecified atom stereocenters. The van der Waals surface area contributed by atoms with E-state index in [2.05, 4.69) is 53.7 Å². The molecule has 1 atom stereocenters. The van der Waals surface area contributed by atoms with Gasteiger partial charge in [0.25, 0.3) is 0 Å². The Kier molecular flexibility index (Phi) is 6.39. The van der Waals surface area contributed by atoms with Crippen molar-refractivity contribution in [3.05, 3.63) is 45.6 Å². The lowest BCUT2D eigenvalue weighted by molar-refractivity contribution is -0.122. The minimum atomic E-state index is 0.0540. The highest BCUT2D eigenvalue weighted by Crippen LogP contribution is 2.41. The molecule has 0 aliphatic carbocycles. The van der Waals surface area contributed by atoms with Crippen LogP contribution in [0.2, 0.25) is 0 Å². The van der Waals surface area contributed by atoms with Crippen LogP contribution in [0.4, 0.5) is 0 Å². The van der Waals surface area contributed by atoms with Crippen molar-refractivity contribution in [3.8, 4) is 11.5 Å². The molecule has 0 spiro atoms. The van der Waals surface area contributed by atoms with Crippen molar-refractivity contribution >= 4 is 17.2 Å². The van der Waals surface area contributed by atoms with Crippen molar-refractivity contribution in [1.82, 2.24) is 10.2 Å². The largest absolute Gasteiger partial charge is 0.493 e. The number of nitrogens with one attached hydrogen (secondary N) is 1. The smallest absolute Gasteiger partial charge is 0.234 e. The van der Waals surface area contributed by atoms with Crippen molar-refractivity contribution in [2.24, 2.45) is 5.92 Å². The number of carbonyl (C=O) groups excluding carboxylic acids is 1. The highest BCUT2D eigenvalue weighted by atomic mass is 32.1. The third kappa shape index (κ3) is 4.45. The average Bonchev–Trinajstić information content (AvgIpc) is 3.19. The maximum absolute atomic E-state index is 12.5. The molecular weight excluding hydrogens is 360 g/mol. The number of hydrogen-bond donors (Lipinski definition) is 1. The summed E-state index contributed by atoms with van der Waals surface area (Å²) in [5.74, 6) is 2.00. The SMILES string of the molecule is COc1cc2c(cc1OC)[C@H](c1cccs1)N(CC(=O)NCC(C)C)CC2. The fraction of sp³-hybridized carbons (Fsp3) is 0.476. The summed E-state index contributed by atoms with van der Waals surface area (Å²) in [6, 6.07) is 8.40. The van der Waals surface area contributed by atoms with E-state index in [1.54, 1.807) is 25.6 Å². The number of ether oxygens (including phenoxy) is 2. The summed E-state index contributed by atoms with van der Waals surface area (Å²) < 4.78 is 11.0. The summed E-state index contributed by atoms with van der Waals surface area (Å²) in [5.41, 5.74) is 2.45. The van der Waals surface area contributed by atoms with Crippen molar-refractivity contribution in [2.75, 3.05) is 33.9 Å². The first-order chi connectivity index (χ1) is 13.0. The normalized spacial score (nSPS) is 16.9. The first kappa shape index (κ1) is 19.7. The van der Waals surface area contributed by atoms with Crippen LogP contribution in [0.25, 0.3) is 0 Å². The van der Waals surface area contributed by atoms with Crippen LogP contribution < -0.4 is 14.8 Å². The Labute approximate surface area is 165 Å². The second kappa shape index (κ2) is 8.76. The number of amides is 1. The lowest BCUT2D eigenvalue weighted by atomic mass is 9.91. The van der Waals surface area contributed by atoms with Gasteiger partial charge >= 0.3 is 0 Å². The molecule has 0 bridgehead atoms. The molecule has 1 N–H and O–H groups in total. The number of hydrogen-bond acceptors (Lipinski definition) is 5. The van der Waals surface area contributed by atoms with Crippen molar-refractivity contribution < 1.29 is 14.3 Å². The molecule has 27 heavy (non-hydrogen) atoms. The van der Waals surface area contributed by atoms with E-state index in [-0.39, 0.29) is 11.9 Å². The van der Waals surface area contributed by atoms with Crippen LogP contribution in [-0.2, 0) is 11.2 Å². The van der Waals surface area contributed by atoms with Gasteiger partial charge in [0.05, 0.1) is 26.8 Å². The summed E-state index contributed by atoms with van der Waals surface area (Å²) in [6.07, 6.45) is 0.884. The molecule has 6 heteroatoms. The molecule has 3 rings (SSSR count). The summed E-state index contributed by atoms with van der Waals surface area (Å²) >= 11 is 1.72. The Morgan fingerprint density at radius 2 is 2.04 bits per heavy atom. The molecule has 0 saturated carbocycles. The fourth-order valence-electron chi connectivity index (χ4n) is 3.51. The monoisotopic (exact) mass is 388 g/mol. The summed E-state index contributed by atoms with van der Waals surface area (Å²) in [6.45, 7) is 6.14. The van der Waals surface area contributed by atoms with Crippen LogP contribution in [0.5, 0.6) is 11.5 Å². The van der Waals surface area contributed by atoms with E-state index in [4.69, 9.17) is 9.47 Å². The Morgan fingerprint density at radius 1 is 1.30 bits per heavy atom. The van der Waals surface area contributed by atoms with E-state index in [0.717, 1.165) is 24.5 Å². The van der Waals surface area contributed by atoms with Crippen LogP contribution in [0.15, 0.2) is 29.6 Å². The number of carbonyl (C=O) groups is 1. The van der Waals surface area contributed by atoms with Gasteiger partial charge in [-0.25, -0.2) is 0 Å². The Balaban J connectivity index is 1.92. The average molecular weight is 389 g/mol. The number of methoxy groups -OCH3 is 2. The van der Waals surface area contributed by atoms with Crippen LogP contribution in [-0.4, -0.2) is 44.7 Å². The quantitative estimate of drug-likeness (QED) is 0.789. The van der Waals surface area contributed by atoms with E-state index in [1.165, 1.54) is 16.0 Å². The number of fused-ring (bicyclic) bond motifs is 1. The van der Waals surface area contributed by atoms with Crippen LogP contribution in [0.1, 0.15) is 35.9 Å². The fourth-order valence-corrected chi connectivity index (χ4v) is 4.38. The second-order valence-electron chi connectivity index (χ2n) is 7.24. The van der Waals surface area contributed by atoms with E-state index in [9.17, 15) is 4.79 Å². The number of nitrogens with zero attached hydrogens (tertiary/aromatic N) is 1. The third-order valence-electron chi connectivity index (χ3n) is 4.84. The molecule has 2 heterocycles. The summed E-state index contributed by atoms with van der Waals surface area (Å²) in [4.78, 5) is 16.0. The maximum atomic E-state index is 12.5. The lowest BCUT2D eigenvalue weighted by Gasteiger charge is -2.37. The number of benzene rings is 1. The molecule has 0 radical (unpaired) electrons. The minimum absolute atomic E-state index is 0.0540. The standard InChI is InChI=1S/C21H28N2O3S/c1-14(2)12-22-20(24)13-23-8-7-15-10-17(25-3)18(26-4)11-16(15)21(23)19-6-5-9-27-19/h5-6,9-11,14,21H,7-8,12-13H2,1-4H3,(H,22,24)/t21-/m1/s1. The molecule has 5 nitrogen and oxygen atoms in total. The molecule has 1 amide bonds. The van der Waals surface area contributed by atoms with Gasteiger partial charge in [0.15, 0.2) is 11.5 Å². The van der Waals surface area contributed by atoms with Gasteiger partial charge in [-0.15, -0.1) is 11.3 Å². The van der Waals surface area contributed by atoms with E-state index >= 15 is 0 Å². The van der Waals surface area contributed by atoms with Crippen molar-refractivity contribution in [2.45, 2.75) is 26.3 Å². The zero-order valence-electron chi connectivity index (χ0n) is 16.5. The van der Waals surface area contributed by atoms with Gasteiger partial charge < -0.3 is 14.8 Å². The van der Waals surface area contributed by atoms with Crippen molar-refractivity contribution in [3.63, 3.8) is 0 Å².